The number of carbonyl (C=O) groups is 2. The first-order chi connectivity index (χ1) is 5.61. The number of thiophene rings is 1. The van der Waals surface area contributed by atoms with E-state index in [2.05, 4.69) is 37.2 Å². The fourth-order valence-electron chi connectivity index (χ4n) is 1.01. The van der Waals surface area contributed by atoms with Crippen molar-refractivity contribution in [2.75, 3.05) is 0 Å². The van der Waals surface area contributed by atoms with Crippen molar-refractivity contribution < 1.29 is 9.59 Å². The molecule has 62 valence electrons. The van der Waals surface area contributed by atoms with Crippen LogP contribution < -0.4 is 5.32 Å². The Kier molecular flexibility index (Phi) is 1.85. The molecule has 6 heteroatoms. The van der Waals surface area contributed by atoms with Gasteiger partial charge in [0.15, 0.2) is 0 Å². The van der Waals surface area contributed by atoms with Crippen LogP contribution in [0.4, 0.5) is 0 Å². The summed E-state index contributed by atoms with van der Waals surface area (Å²) in [6, 6.07) is 0. The van der Waals surface area contributed by atoms with E-state index in [0.29, 0.717) is 18.7 Å². The number of hydrogen-bond donors (Lipinski definition) is 1. The first kappa shape index (κ1) is 8.40. The molecule has 1 aromatic rings. The van der Waals surface area contributed by atoms with Gasteiger partial charge in [0.05, 0.1) is 18.7 Å². The Hall–Kier alpha value is -0.200. The van der Waals surface area contributed by atoms with Crippen molar-refractivity contribution in [3.8, 4) is 0 Å². The minimum atomic E-state index is -0.330. The van der Waals surface area contributed by atoms with Gasteiger partial charge in [-0.05, 0) is 31.9 Å². The molecule has 0 bridgehead atoms. The third-order valence-electron chi connectivity index (χ3n) is 1.50. The molecule has 0 radical (unpaired) electrons. The lowest BCUT2D eigenvalue weighted by Crippen LogP contribution is -2.20. The number of hydrogen-bond acceptors (Lipinski definition) is 3. The number of nitrogens with one attached hydrogen (secondary N) is 1. The third kappa shape index (κ3) is 0.982. The zero-order valence-corrected chi connectivity index (χ0v) is 9.47. The van der Waals surface area contributed by atoms with Crippen molar-refractivity contribution in [3.05, 3.63) is 18.7 Å². The Morgan fingerprint density at radius 1 is 1.00 bits per heavy atom. The van der Waals surface area contributed by atoms with Crippen LogP contribution in [0.5, 0.6) is 0 Å². The van der Waals surface area contributed by atoms with Crippen molar-refractivity contribution in [3.63, 3.8) is 0 Å². The van der Waals surface area contributed by atoms with E-state index in [-0.39, 0.29) is 11.8 Å². The van der Waals surface area contributed by atoms with Crippen molar-refractivity contribution in [1.29, 1.82) is 0 Å². The molecule has 0 unspecified atom stereocenters. The molecule has 12 heavy (non-hydrogen) atoms. The lowest BCUT2D eigenvalue weighted by Gasteiger charge is -1.88. The Labute approximate surface area is 88.4 Å². The molecule has 2 rings (SSSR count). The molecule has 0 atom stereocenters. The van der Waals surface area contributed by atoms with Crippen LogP contribution in [-0.2, 0) is 0 Å². The van der Waals surface area contributed by atoms with Crippen LogP contribution in [-0.4, -0.2) is 11.8 Å². The van der Waals surface area contributed by atoms with E-state index in [1.54, 1.807) is 0 Å². The summed E-state index contributed by atoms with van der Waals surface area (Å²) in [5.74, 6) is -0.660. The van der Waals surface area contributed by atoms with Crippen molar-refractivity contribution in [1.82, 2.24) is 5.32 Å². The molecule has 1 aliphatic rings. The largest absolute Gasteiger partial charge is 0.288 e. The predicted octanol–water partition coefficient (Wildman–Crippen LogP) is 2.16. The lowest BCUT2D eigenvalue weighted by molar-refractivity contribution is 0.0879. The third-order valence-corrected chi connectivity index (χ3v) is 4.03. The van der Waals surface area contributed by atoms with E-state index < -0.39 is 0 Å². The second-order valence-corrected chi connectivity index (χ2v) is 5.84. The smallest absolute Gasteiger partial charge is 0.260 e. The maximum absolute atomic E-state index is 11.1. The predicted molar refractivity (Wildman–Crippen MR) is 51.5 cm³/mol. The van der Waals surface area contributed by atoms with Crippen LogP contribution in [0.15, 0.2) is 7.57 Å². The highest BCUT2D eigenvalue weighted by molar-refractivity contribution is 9.12. The molecule has 2 heterocycles. The molecule has 0 saturated heterocycles. The fraction of sp³-hybridized carbons (Fsp3) is 0. The van der Waals surface area contributed by atoms with E-state index in [1.165, 1.54) is 11.3 Å². The number of amides is 2. The zero-order chi connectivity index (χ0) is 8.88. The van der Waals surface area contributed by atoms with E-state index in [4.69, 9.17) is 0 Å². The first-order valence-electron chi connectivity index (χ1n) is 2.94. The van der Waals surface area contributed by atoms with Crippen molar-refractivity contribution in [2.45, 2.75) is 0 Å². The quantitative estimate of drug-likeness (QED) is 0.746. The number of imide groups is 1. The number of rotatable bonds is 0. The van der Waals surface area contributed by atoms with E-state index in [9.17, 15) is 9.59 Å². The number of fused-ring (bicyclic) bond motifs is 1. The van der Waals surface area contributed by atoms with Gasteiger partial charge in [-0.25, -0.2) is 0 Å². The molecule has 3 nitrogen and oxygen atoms in total. The second-order valence-electron chi connectivity index (χ2n) is 2.18. The Balaban J connectivity index is 2.78. The van der Waals surface area contributed by atoms with Crippen LogP contribution in [0.1, 0.15) is 20.7 Å². The molecule has 0 aromatic carbocycles. The highest BCUT2D eigenvalue weighted by Gasteiger charge is 2.33. The van der Waals surface area contributed by atoms with Crippen LogP contribution >= 0.6 is 43.2 Å². The van der Waals surface area contributed by atoms with Gasteiger partial charge in [0, 0.05) is 0 Å². The standard InChI is InChI=1S/C6HBr2NO2S/c7-3-1-2(4(8)12-3)6(11)9-5(1)10/h(H,9,10,11). The van der Waals surface area contributed by atoms with Gasteiger partial charge in [-0.15, -0.1) is 11.3 Å². The summed E-state index contributed by atoms with van der Waals surface area (Å²) in [5.41, 5.74) is 0.883. The van der Waals surface area contributed by atoms with Gasteiger partial charge < -0.3 is 0 Å². The van der Waals surface area contributed by atoms with Gasteiger partial charge in [-0.3, -0.25) is 14.9 Å². The molecule has 1 aliphatic heterocycles. The zero-order valence-electron chi connectivity index (χ0n) is 5.48. The average molecular weight is 311 g/mol. The average Bonchev–Trinajstić information content (AvgIpc) is 2.38. The second kappa shape index (κ2) is 2.65. The van der Waals surface area contributed by atoms with Crippen LogP contribution in [0.25, 0.3) is 0 Å². The van der Waals surface area contributed by atoms with Crippen LogP contribution in [0, 0.1) is 0 Å². The first-order valence-corrected chi connectivity index (χ1v) is 5.35. The number of halogens is 2. The highest BCUT2D eigenvalue weighted by Crippen LogP contribution is 2.39. The number of carbonyl (C=O) groups excluding carboxylic acids is 2. The fourth-order valence-corrected chi connectivity index (χ4v) is 4.14. The van der Waals surface area contributed by atoms with Gasteiger partial charge >= 0.3 is 0 Å². The van der Waals surface area contributed by atoms with Gasteiger partial charge in [-0.1, -0.05) is 0 Å². The lowest BCUT2D eigenvalue weighted by atomic mass is 10.2. The minimum Gasteiger partial charge on any atom is -0.288 e. The van der Waals surface area contributed by atoms with Gasteiger partial charge in [0.2, 0.25) is 0 Å². The summed E-state index contributed by atoms with van der Waals surface area (Å²) in [6.45, 7) is 0. The van der Waals surface area contributed by atoms with Crippen LogP contribution in [0.3, 0.4) is 0 Å². The van der Waals surface area contributed by atoms with Crippen molar-refractivity contribution >= 4 is 55.0 Å². The SMILES string of the molecule is O=C1NC(=O)c2c(Br)sc(Br)c21. The summed E-state index contributed by atoms with van der Waals surface area (Å²) in [4.78, 5) is 22.3. The molecule has 2 amide bonds. The molecule has 0 saturated carbocycles. The normalized spacial score (nSPS) is 14.8. The molecule has 1 N–H and O–H groups in total. The summed E-state index contributed by atoms with van der Waals surface area (Å²) in [7, 11) is 0. The topological polar surface area (TPSA) is 46.2 Å². The van der Waals surface area contributed by atoms with Crippen molar-refractivity contribution in [2.24, 2.45) is 0 Å². The monoisotopic (exact) mass is 309 g/mol. The summed E-state index contributed by atoms with van der Waals surface area (Å²) in [5, 5.41) is 2.21. The van der Waals surface area contributed by atoms with Gasteiger partial charge in [0.1, 0.15) is 0 Å². The Morgan fingerprint density at radius 3 is 1.83 bits per heavy atom. The Morgan fingerprint density at radius 2 is 1.42 bits per heavy atom. The highest BCUT2D eigenvalue weighted by atomic mass is 79.9. The molecule has 0 spiro atoms. The summed E-state index contributed by atoms with van der Waals surface area (Å²) < 4.78 is 1.38. The molecule has 0 fully saturated rings. The minimum absolute atomic E-state index is 0.330. The Bertz CT molecular complexity index is 364. The van der Waals surface area contributed by atoms with Crippen LogP contribution in [0.2, 0.25) is 0 Å². The molecule has 1 aromatic heterocycles. The van der Waals surface area contributed by atoms with E-state index >= 15 is 0 Å². The van der Waals surface area contributed by atoms with E-state index in [1.807, 2.05) is 0 Å². The molecule has 0 aliphatic carbocycles. The van der Waals surface area contributed by atoms with Gasteiger partial charge in [0.25, 0.3) is 11.8 Å². The summed E-state index contributed by atoms with van der Waals surface area (Å²) >= 11 is 7.75. The molecular weight excluding hydrogens is 310 g/mol. The molecular formula is C6HBr2NO2S. The maximum Gasteiger partial charge on any atom is 0.260 e. The summed E-state index contributed by atoms with van der Waals surface area (Å²) in [6.07, 6.45) is 0. The maximum atomic E-state index is 11.1. The van der Waals surface area contributed by atoms with Gasteiger partial charge in [-0.2, -0.15) is 0 Å². The van der Waals surface area contributed by atoms with E-state index in [0.717, 1.165) is 0 Å².